The van der Waals surface area contributed by atoms with Gasteiger partial charge < -0.3 is 5.32 Å². The van der Waals surface area contributed by atoms with Crippen LogP contribution >= 0.6 is 11.6 Å². The molecule has 0 fully saturated rings. The van der Waals surface area contributed by atoms with Crippen LogP contribution in [0, 0.1) is 11.3 Å². The Morgan fingerprint density at radius 3 is 2.53 bits per heavy atom. The lowest BCUT2D eigenvalue weighted by Gasteiger charge is -2.27. The van der Waals surface area contributed by atoms with E-state index in [1.165, 1.54) is 6.42 Å². The first kappa shape index (κ1) is 16.5. The molecule has 1 heterocycles. The predicted octanol–water partition coefficient (Wildman–Crippen LogP) is 4.28. The van der Waals surface area contributed by atoms with Gasteiger partial charge in [-0.3, -0.25) is 4.68 Å². The zero-order valence-electron chi connectivity index (χ0n) is 13.1. The fourth-order valence-electron chi connectivity index (χ4n) is 2.87. The fourth-order valence-corrected chi connectivity index (χ4v) is 3.14. The quantitative estimate of drug-likeness (QED) is 0.845. The van der Waals surface area contributed by atoms with Crippen molar-refractivity contribution < 1.29 is 0 Å². The highest BCUT2D eigenvalue weighted by Crippen LogP contribution is 2.32. The standard InChI is InChI=1S/C15H28ClN3/c1-7-19-14(12(16)10-18-19)13(17-6)8-11(2)9-15(3,4)5/h10-11,13,17H,7-9H2,1-6H3. The average Bonchev–Trinajstić information content (AvgIpc) is 2.65. The van der Waals surface area contributed by atoms with E-state index in [1.807, 2.05) is 11.7 Å². The second kappa shape index (κ2) is 6.76. The van der Waals surface area contributed by atoms with Crippen LogP contribution in [0.2, 0.25) is 5.02 Å². The Kier molecular flexibility index (Phi) is 5.87. The van der Waals surface area contributed by atoms with Crippen molar-refractivity contribution >= 4 is 11.6 Å². The molecule has 0 aliphatic rings. The number of hydrogen-bond donors (Lipinski definition) is 1. The molecule has 2 atom stereocenters. The van der Waals surface area contributed by atoms with E-state index in [1.54, 1.807) is 6.20 Å². The molecule has 1 rings (SSSR count). The molecule has 4 heteroatoms. The molecule has 1 aromatic heterocycles. The van der Waals surface area contributed by atoms with Gasteiger partial charge >= 0.3 is 0 Å². The Morgan fingerprint density at radius 2 is 2.05 bits per heavy atom. The molecule has 0 aliphatic heterocycles. The smallest absolute Gasteiger partial charge is 0.0834 e. The highest BCUT2D eigenvalue weighted by atomic mass is 35.5. The van der Waals surface area contributed by atoms with Crippen LogP contribution < -0.4 is 5.32 Å². The lowest BCUT2D eigenvalue weighted by molar-refractivity contribution is 0.275. The van der Waals surface area contributed by atoms with Crippen LogP contribution in [0.25, 0.3) is 0 Å². The molecule has 0 saturated heterocycles. The Bertz CT molecular complexity index is 393. The van der Waals surface area contributed by atoms with Gasteiger partial charge in [0.25, 0.3) is 0 Å². The molecule has 1 N–H and O–H groups in total. The van der Waals surface area contributed by atoms with E-state index in [0.717, 1.165) is 23.7 Å². The van der Waals surface area contributed by atoms with Gasteiger partial charge in [-0.25, -0.2) is 0 Å². The number of rotatable bonds is 6. The summed E-state index contributed by atoms with van der Waals surface area (Å²) in [5.74, 6) is 0.647. The van der Waals surface area contributed by atoms with Crippen LogP contribution in [0.15, 0.2) is 6.20 Å². The van der Waals surface area contributed by atoms with E-state index in [-0.39, 0.29) is 6.04 Å². The summed E-state index contributed by atoms with van der Waals surface area (Å²) in [5, 5.41) is 8.49. The van der Waals surface area contributed by atoms with E-state index in [0.29, 0.717) is 11.3 Å². The molecule has 0 radical (unpaired) electrons. The van der Waals surface area contributed by atoms with Gasteiger partial charge in [-0.1, -0.05) is 39.3 Å². The van der Waals surface area contributed by atoms with Gasteiger partial charge in [0.2, 0.25) is 0 Å². The highest BCUT2D eigenvalue weighted by molar-refractivity contribution is 6.31. The van der Waals surface area contributed by atoms with Crippen molar-refractivity contribution in [2.45, 2.75) is 60.0 Å². The van der Waals surface area contributed by atoms with Gasteiger partial charge in [-0.05, 0) is 38.1 Å². The number of aryl methyl sites for hydroxylation is 1. The van der Waals surface area contributed by atoms with Crippen molar-refractivity contribution in [1.82, 2.24) is 15.1 Å². The zero-order valence-corrected chi connectivity index (χ0v) is 13.9. The van der Waals surface area contributed by atoms with E-state index in [9.17, 15) is 0 Å². The van der Waals surface area contributed by atoms with Crippen molar-refractivity contribution in [3.8, 4) is 0 Å². The zero-order chi connectivity index (χ0) is 14.6. The van der Waals surface area contributed by atoms with Gasteiger partial charge in [0, 0.05) is 6.54 Å². The molecule has 3 nitrogen and oxygen atoms in total. The van der Waals surface area contributed by atoms with E-state index < -0.39 is 0 Å². The molecular formula is C15H28ClN3. The molecule has 0 aromatic carbocycles. The SMILES string of the molecule is CCn1ncc(Cl)c1C(CC(C)CC(C)(C)C)NC. The summed E-state index contributed by atoms with van der Waals surface area (Å²) < 4.78 is 1.99. The minimum atomic E-state index is 0.271. The molecule has 0 bridgehead atoms. The summed E-state index contributed by atoms with van der Waals surface area (Å²) in [6.45, 7) is 12.1. The molecule has 0 aliphatic carbocycles. The third-order valence-electron chi connectivity index (χ3n) is 3.41. The molecule has 0 amide bonds. The third-order valence-corrected chi connectivity index (χ3v) is 3.70. The van der Waals surface area contributed by atoms with Crippen LogP contribution in [0.5, 0.6) is 0 Å². The minimum Gasteiger partial charge on any atom is -0.312 e. The Balaban J connectivity index is 2.80. The minimum absolute atomic E-state index is 0.271. The number of nitrogens with one attached hydrogen (secondary N) is 1. The molecular weight excluding hydrogens is 258 g/mol. The first-order chi connectivity index (χ1) is 8.78. The highest BCUT2D eigenvalue weighted by Gasteiger charge is 2.23. The lowest BCUT2D eigenvalue weighted by Crippen LogP contribution is -2.24. The topological polar surface area (TPSA) is 29.9 Å². The molecule has 19 heavy (non-hydrogen) atoms. The summed E-state index contributed by atoms with van der Waals surface area (Å²) in [7, 11) is 2.00. The fraction of sp³-hybridized carbons (Fsp3) is 0.800. The summed E-state index contributed by atoms with van der Waals surface area (Å²) in [6.07, 6.45) is 4.04. The van der Waals surface area contributed by atoms with Crippen LogP contribution in [0.1, 0.15) is 59.2 Å². The molecule has 1 aromatic rings. The third kappa shape index (κ3) is 4.81. The average molecular weight is 286 g/mol. The van der Waals surface area contributed by atoms with Gasteiger partial charge in [-0.2, -0.15) is 5.10 Å². The Morgan fingerprint density at radius 1 is 1.42 bits per heavy atom. The van der Waals surface area contributed by atoms with Gasteiger partial charge in [-0.15, -0.1) is 0 Å². The number of nitrogens with zero attached hydrogens (tertiary/aromatic N) is 2. The summed E-state index contributed by atoms with van der Waals surface area (Å²) in [4.78, 5) is 0. The molecule has 2 unspecified atom stereocenters. The van der Waals surface area contributed by atoms with E-state index >= 15 is 0 Å². The van der Waals surface area contributed by atoms with Gasteiger partial charge in [0.1, 0.15) is 0 Å². The Labute approximate surface area is 122 Å². The summed E-state index contributed by atoms with van der Waals surface area (Å²) >= 11 is 6.29. The van der Waals surface area contributed by atoms with Crippen molar-refractivity contribution in [1.29, 1.82) is 0 Å². The molecule has 110 valence electrons. The van der Waals surface area contributed by atoms with Crippen molar-refractivity contribution in [3.63, 3.8) is 0 Å². The van der Waals surface area contributed by atoms with E-state index in [4.69, 9.17) is 11.6 Å². The number of halogens is 1. The van der Waals surface area contributed by atoms with E-state index in [2.05, 4.69) is 45.0 Å². The largest absolute Gasteiger partial charge is 0.312 e. The van der Waals surface area contributed by atoms with Crippen LogP contribution in [0.4, 0.5) is 0 Å². The number of aromatic nitrogens is 2. The normalized spacial score (nSPS) is 15.5. The maximum atomic E-state index is 6.29. The van der Waals surface area contributed by atoms with Crippen LogP contribution in [-0.2, 0) is 6.54 Å². The van der Waals surface area contributed by atoms with Crippen molar-refractivity contribution in [2.75, 3.05) is 7.05 Å². The molecule has 0 spiro atoms. The van der Waals surface area contributed by atoms with Crippen molar-refractivity contribution in [2.24, 2.45) is 11.3 Å². The predicted molar refractivity (Wildman–Crippen MR) is 82.6 cm³/mol. The molecule has 0 saturated carbocycles. The van der Waals surface area contributed by atoms with Crippen molar-refractivity contribution in [3.05, 3.63) is 16.9 Å². The van der Waals surface area contributed by atoms with Crippen LogP contribution in [-0.4, -0.2) is 16.8 Å². The van der Waals surface area contributed by atoms with Gasteiger partial charge in [0.05, 0.1) is 23.0 Å². The first-order valence-corrected chi connectivity index (χ1v) is 7.54. The Hall–Kier alpha value is -0.540. The number of hydrogen-bond acceptors (Lipinski definition) is 2. The maximum Gasteiger partial charge on any atom is 0.0834 e. The monoisotopic (exact) mass is 285 g/mol. The second-order valence-electron chi connectivity index (χ2n) is 6.64. The second-order valence-corrected chi connectivity index (χ2v) is 7.05. The lowest BCUT2D eigenvalue weighted by atomic mass is 9.82. The van der Waals surface area contributed by atoms with Gasteiger partial charge in [0.15, 0.2) is 0 Å². The summed E-state index contributed by atoms with van der Waals surface area (Å²) in [6, 6.07) is 0.271. The maximum absolute atomic E-state index is 6.29. The first-order valence-electron chi connectivity index (χ1n) is 7.17. The van der Waals surface area contributed by atoms with Crippen LogP contribution in [0.3, 0.4) is 0 Å². The summed E-state index contributed by atoms with van der Waals surface area (Å²) in [5.41, 5.74) is 1.49.